The lowest BCUT2D eigenvalue weighted by Gasteiger charge is -2.47. The van der Waals surface area contributed by atoms with Gasteiger partial charge in [-0.25, -0.2) is 0 Å². The molecular formula is C30H59NO13. The molecule has 0 aromatic carbocycles. The first-order valence-electron chi connectivity index (χ1n) is 16.4. The van der Waals surface area contributed by atoms with E-state index < -0.39 is 99.4 Å². The Labute approximate surface area is 260 Å². The average Bonchev–Trinajstić information content (AvgIpc) is 3.01. The van der Waals surface area contributed by atoms with Crippen molar-refractivity contribution in [2.24, 2.45) is 0 Å². The second-order valence-corrected chi connectivity index (χ2v) is 12.4. The van der Waals surface area contributed by atoms with E-state index >= 15 is 0 Å². The Bertz CT molecular complexity index is 752. The summed E-state index contributed by atoms with van der Waals surface area (Å²) < 4.78 is 16.0. The summed E-state index contributed by atoms with van der Waals surface area (Å²) in [5.74, 6) is -2.40. The zero-order valence-electron chi connectivity index (χ0n) is 26.1. The standard InChI is InChI=1S/C30H59NO13/c1-2-3-4-5-6-7-8-9-10-11-12-13-14-20(34)23(36)19(15-32)31-18-30(41)28(40)27(21(35)17-42-30)44-29-26(39)25(38)24(37)22(16-33)43-29/h19-29,31-41H,2-18H2,1H3/t19-,20+,21+,22+,23-,24-,25-,26+,27+,28-,29+,30?/m0/s1. The van der Waals surface area contributed by atoms with Gasteiger partial charge in [-0.1, -0.05) is 84.0 Å². The lowest BCUT2D eigenvalue weighted by Crippen LogP contribution is -2.68. The molecule has 262 valence electrons. The Hall–Kier alpha value is -0.560. The molecule has 0 spiro atoms. The SMILES string of the molecule is CCCCCCCCCCCCCC[C@@H](O)[C@@H](O)[C@H](CO)NCC1(O)OC[C@@H](O)[C@@H](O[C@H]2O[C@H](CO)[C@H](O)[C@H](O)[C@H]2O)[C@@H]1O. The van der Waals surface area contributed by atoms with Crippen LogP contribution in [0, 0.1) is 0 Å². The summed E-state index contributed by atoms with van der Waals surface area (Å²) in [5.41, 5.74) is 0. The quantitative estimate of drug-likeness (QED) is 0.0596. The molecule has 0 bridgehead atoms. The molecule has 2 heterocycles. The van der Waals surface area contributed by atoms with E-state index in [1.807, 2.05) is 0 Å². The molecule has 2 rings (SSSR count). The highest BCUT2D eigenvalue weighted by Gasteiger charge is 2.53. The van der Waals surface area contributed by atoms with Crippen LogP contribution in [-0.4, -0.2) is 150 Å². The first-order valence-corrected chi connectivity index (χ1v) is 16.4. The van der Waals surface area contributed by atoms with E-state index in [2.05, 4.69) is 12.2 Å². The molecule has 2 saturated heterocycles. The molecule has 1 unspecified atom stereocenters. The van der Waals surface area contributed by atoms with Gasteiger partial charge in [-0.2, -0.15) is 0 Å². The molecule has 2 fully saturated rings. The lowest BCUT2D eigenvalue weighted by molar-refractivity contribution is -0.367. The van der Waals surface area contributed by atoms with E-state index in [0.717, 1.165) is 19.3 Å². The van der Waals surface area contributed by atoms with Crippen LogP contribution in [0.3, 0.4) is 0 Å². The molecule has 2 aliphatic heterocycles. The van der Waals surface area contributed by atoms with Crippen molar-refractivity contribution in [1.29, 1.82) is 0 Å². The fourth-order valence-corrected chi connectivity index (χ4v) is 5.74. The number of aliphatic hydroxyl groups excluding tert-OH is 9. The zero-order valence-corrected chi connectivity index (χ0v) is 26.1. The summed E-state index contributed by atoms with van der Waals surface area (Å²) in [6.07, 6.45) is -1.45. The van der Waals surface area contributed by atoms with Gasteiger partial charge in [0.25, 0.3) is 0 Å². The monoisotopic (exact) mass is 641 g/mol. The molecule has 0 aromatic rings. The van der Waals surface area contributed by atoms with Gasteiger partial charge >= 0.3 is 0 Å². The largest absolute Gasteiger partial charge is 0.395 e. The van der Waals surface area contributed by atoms with E-state index in [1.54, 1.807) is 0 Å². The van der Waals surface area contributed by atoms with Gasteiger partial charge in [0.2, 0.25) is 5.79 Å². The molecule has 14 nitrogen and oxygen atoms in total. The molecule has 2 aliphatic rings. The van der Waals surface area contributed by atoms with Crippen LogP contribution in [0.4, 0.5) is 0 Å². The molecule has 12 atom stereocenters. The maximum atomic E-state index is 11.0. The summed E-state index contributed by atoms with van der Waals surface area (Å²) >= 11 is 0. The van der Waals surface area contributed by atoms with Crippen molar-refractivity contribution >= 4 is 0 Å². The topological polar surface area (TPSA) is 242 Å². The minimum atomic E-state index is -2.40. The Kier molecular flexibility index (Phi) is 18.6. The highest BCUT2D eigenvalue weighted by molar-refractivity contribution is 4.97. The maximum Gasteiger partial charge on any atom is 0.207 e. The number of hydrogen-bond donors (Lipinski definition) is 11. The van der Waals surface area contributed by atoms with E-state index in [9.17, 15) is 51.1 Å². The van der Waals surface area contributed by atoms with Gasteiger partial charge in [0.15, 0.2) is 6.29 Å². The van der Waals surface area contributed by atoms with Crippen LogP contribution in [0.1, 0.15) is 90.4 Å². The second kappa shape index (κ2) is 20.6. The predicted molar refractivity (Wildman–Crippen MR) is 158 cm³/mol. The predicted octanol–water partition coefficient (Wildman–Crippen LogP) is -1.62. The van der Waals surface area contributed by atoms with Crippen molar-refractivity contribution < 1.29 is 65.3 Å². The van der Waals surface area contributed by atoms with E-state index in [-0.39, 0.29) is 0 Å². The fraction of sp³-hybridized carbons (Fsp3) is 1.00. The molecule has 0 aromatic heterocycles. The average molecular weight is 642 g/mol. The highest BCUT2D eigenvalue weighted by Crippen LogP contribution is 2.30. The van der Waals surface area contributed by atoms with Gasteiger partial charge in [0, 0.05) is 0 Å². The third-order valence-electron chi connectivity index (χ3n) is 8.77. The number of aliphatic hydroxyl groups is 10. The van der Waals surface area contributed by atoms with Crippen molar-refractivity contribution in [1.82, 2.24) is 5.32 Å². The normalized spacial score (nSPS) is 35.0. The van der Waals surface area contributed by atoms with Crippen molar-refractivity contribution in [3.05, 3.63) is 0 Å². The molecule has 11 N–H and O–H groups in total. The van der Waals surface area contributed by atoms with Crippen molar-refractivity contribution in [3.8, 4) is 0 Å². The highest BCUT2D eigenvalue weighted by atomic mass is 16.7. The maximum absolute atomic E-state index is 11.0. The molecule has 0 saturated carbocycles. The third kappa shape index (κ3) is 11.9. The molecule has 44 heavy (non-hydrogen) atoms. The summed E-state index contributed by atoms with van der Waals surface area (Å²) in [6, 6.07) is -1.08. The first-order chi connectivity index (χ1) is 21.0. The van der Waals surface area contributed by atoms with Crippen LogP contribution in [0.15, 0.2) is 0 Å². The Balaban J connectivity index is 1.77. The summed E-state index contributed by atoms with van der Waals surface area (Å²) in [7, 11) is 0. The summed E-state index contributed by atoms with van der Waals surface area (Å²) in [6.45, 7) is -0.176. The minimum absolute atomic E-state index is 0.321. The Morgan fingerprint density at radius 3 is 1.93 bits per heavy atom. The number of ether oxygens (including phenoxy) is 3. The van der Waals surface area contributed by atoms with Gasteiger partial charge in [0.05, 0.1) is 44.6 Å². The molecule has 0 amide bonds. The van der Waals surface area contributed by atoms with Crippen molar-refractivity contribution in [2.45, 2.75) is 163 Å². The third-order valence-corrected chi connectivity index (χ3v) is 8.77. The zero-order chi connectivity index (χ0) is 32.7. The number of nitrogens with one attached hydrogen (secondary N) is 1. The van der Waals surface area contributed by atoms with Gasteiger partial charge in [-0.3, -0.25) is 0 Å². The molecule has 14 heteroatoms. The Morgan fingerprint density at radius 1 is 0.818 bits per heavy atom. The van der Waals surface area contributed by atoms with Crippen LogP contribution in [0.2, 0.25) is 0 Å². The van der Waals surface area contributed by atoms with E-state index in [4.69, 9.17) is 14.2 Å². The van der Waals surface area contributed by atoms with Gasteiger partial charge in [-0.05, 0) is 6.42 Å². The van der Waals surface area contributed by atoms with Gasteiger partial charge in [-0.15, -0.1) is 0 Å². The van der Waals surface area contributed by atoms with Crippen LogP contribution < -0.4 is 5.32 Å². The lowest BCUT2D eigenvalue weighted by atomic mass is 9.94. The van der Waals surface area contributed by atoms with Gasteiger partial charge < -0.3 is 70.6 Å². The minimum Gasteiger partial charge on any atom is -0.395 e. The van der Waals surface area contributed by atoms with Crippen LogP contribution in [0.25, 0.3) is 0 Å². The van der Waals surface area contributed by atoms with Crippen molar-refractivity contribution in [2.75, 3.05) is 26.4 Å². The molecular weight excluding hydrogens is 582 g/mol. The fourth-order valence-electron chi connectivity index (χ4n) is 5.74. The van der Waals surface area contributed by atoms with Crippen LogP contribution in [0.5, 0.6) is 0 Å². The molecule has 0 radical (unpaired) electrons. The van der Waals surface area contributed by atoms with Crippen molar-refractivity contribution in [3.63, 3.8) is 0 Å². The smallest absolute Gasteiger partial charge is 0.207 e. The van der Waals surface area contributed by atoms with Crippen LogP contribution >= 0.6 is 0 Å². The number of unbranched alkanes of at least 4 members (excludes halogenated alkanes) is 11. The second-order valence-electron chi connectivity index (χ2n) is 12.4. The summed E-state index contributed by atoms with van der Waals surface area (Å²) in [5, 5.41) is 106. The van der Waals surface area contributed by atoms with Crippen LogP contribution in [-0.2, 0) is 14.2 Å². The van der Waals surface area contributed by atoms with E-state index in [0.29, 0.717) is 12.8 Å². The summed E-state index contributed by atoms with van der Waals surface area (Å²) in [4.78, 5) is 0. The molecule has 0 aliphatic carbocycles. The van der Waals surface area contributed by atoms with E-state index in [1.165, 1.54) is 51.4 Å². The number of hydrogen-bond acceptors (Lipinski definition) is 14. The van der Waals surface area contributed by atoms with Gasteiger partial charge in [0.1, 0.15) is 42.7 Å². The first kappa shape index (κ1) is 39.6. The Morgan fingerprint density at radius 2 is 1.39 bits per heavy atom. The number of rotatable bonds is 22.